The van der Waals surface area contributed by atoms with Crippen LogP contribution in [0, 0.1) is 0 Å². The van der Waals surface area contributed by atoms with Gasteiger partial charge in [0.1, 0.15) is 0 Å². The highest BCUT2D eigenvalue weighted by Crippen LogP contribution is 2.34. The Bertz CT molecular complexity index is 376. The first-order valence-corrected chi connectivity index (χ1v) is 8.24. The topological polar surface area (TPSA) is 15.3 Å². The van der Waals surface area contributed by atoms with Crippen LogP contribution in [0.1, 0.15) is 51.0 Å². The molecule has 3 atom stereocenters. The van der Waals surface area contributed by atoms with E-state index in [1.54, 1.807) is 0 Å². The first-order valence-electron chi connectivity index (χ1n) is 8.24. The number of likely N-dealkylation sites (N-methyl/N-ethyl adjacent to an activating group) is 1. The maximum atomic E-state index is 3.77. The van der Waals surface area contributed by atoms with Crippen molar-refractivity contribution in [2.75, 3.05) is 20.1 Å². The van der Waals surface area contributed by atoms with Crippen LogP contribution in [-0.2, 0) is 0 Å². The molecule has 2 nitrogen and oxygen atoms in total. The zero-order chi connectivity index (χ0) is 14.4. The van der Waals surface area contributed by atoms with Gasteiger partial charge in [-0.2, -0.15) is 0 Å². The average molecular weight is 274 g/mol. The van der Waals surface area contributed by atoms with E-state index in [2.05, 4.69) is 61.4 Å². The SMILES string of the molecule is CCCNC1CCC(c2ccccc2)CC1N(C)CC. The predicted octanol–water partition coefficient (Wildman–Crippen LogP) is 3.64. The van der Waals surface area contributed by atoms with Crippen molar-refractivity contribution in [2.45, 2.75) is 57.5 Å². The molecule has 2 rings (SSSR count). The lowest BCUT2D eigenvalue weighted by Gasteiger charge is -2.41. The monoisotopic (exact) mass is 274 g/mol. The third-order valence-electron chi connectivity index (χ3n) is 4.81. The molecule has 1 N–H and O–H groups in total. The van der Waals surface area contributed by atoms with Gasteiger partial charge in [-0.05, 0) is 57.3 Å². The van der Waals surface area contributed by atoms with Crippen LogP contribution in [0.15, 0.2) is 30.3 Å². The Hall–Kier alpha value is -0.860. The van der Waals surface area contributed by atoms with Crippen molar-refractivity contribution in [1.82, 2.24) is 10.2 Å². The quantitative estimate of drug-likeness (QED) is 0.852. The number of hydrogen-bond donors (Lipinski definition) is 1. The van der Waals surface area contributed by atoms with Crippen molar-refractivity contribution in [3.8, 4) is 0 Å². The molecule has 0 saturated heterocycles. The Kier molecular flexibility index (Phi) is 6.06. The highest BCUT2D eigenvalue weighted by atomic mass is 15.2. The Labute approximate surface area is 124 Å². The smallest absolute Gasteiger partial charge is 0.0252 e. The molecule has 1 aromatic rings. The van der Waals surface area contributed by atoms with Crippen LogP contribution in [0.4, 0.5) is 0 Å². The molecule has 2 heteroatoms. The molecule has 1 saturated carbocycles. The number of nitrogens with zero attached hydrogens (tertiary/aromatic N) is 1. The van der Waals surface area contributed by atoms with Crippen LogP contribution in [0.25, 0.3) is 0 Å². The molecule has 1 aromatic carbocycles. The van der Waals surface area contributed by atoms with Gasteiger partial charge in [-0.15, -0.1) is 0 Å². The molecule has 112 valence electrons. The van der Waals surface area contributed by atoms with Gasteiger partial charge in [-0.3, -0.25) is 0 Å². The molecule has 20 heavy (non-hydrogen) atoms. The number of hydrogen-bond acceptors (Lipinski definition) is 2. The average Bonchev–Trinajstić information content (AvgIpc) is 2.53. The minimum atomic E-state index is 0.667. The van der Waals surface area contributed by atoms with Crippen LogP contribution in [0.3, 0.4) is 0 Å². The maximum absolute atomic E-state index is 3.77. The molecule has 1 fully saturated rings. The van der Waals surface area contributed by atoms with E-state index in [-0.39, 0.29) is 0 Å². The number of benzene rings is 1. The van der Waals surface area contributed by atoms with E-state index in [9.17, 15) is 0 Å². The van der Waals surface area contributed by atoms with Crippen LogP contribution in [-0.4, -0.2) is 37.1 Å². The summed E-state index contributed by atoms with van der Waals surface area (Å²) in [6.45, 7) is 6.80. The van der Waals surface area contributed by atoms with E-state index in [0.29, 0.717) is 12.1 Å². The van der Waals surface area contributed by atoms with E-state index < -0.39 is 0 Å². The molecule has 1 aliphatic carbocycles. The number of nitrogens with one attached hydrogen (secondary N) is 1. The minimum Gasteiger partial charge on any atom is -0.312 e. The summed E-state index contributed by atoms with van der Waals surface area (Å²) in [5, 5.41) is 3.77. The van der Waals surface area contributed by atoms with Gasteiger partial charge in [-0.25, -0.2) is 0 Å². The first-order chi connectivity index (χ1) is 9.76. The van der Waals surface area contributed by atoms with E-state index in [1.165, 1.54) is 31.2 Å². The largest absolute Gasteiger partial charge is 0.312 e. The highest BCUT2D eigenvalue weighted by Gasteiger charge is 2.32. The van der Waals surface area contributed by atoms with Gasteiger partial charge in [0.25, 0.3) is 0 Å². The van der Waals surface area contributed by atoms with Crippen molar-refractivity contribution >= 4 is 0 Å². The molecule has 0 aliphatic heterocycles. The van der Waals surface area contributed by atoms with Crippen LogP contribution < -0.4 is 5.32 Å². The zero-order valence-electron chi connectivity index (χ0n) is 13.3. The van der Waals surface area contributed by atoms with E-state index in [0.717, 1.165) is 19.0 Å². The van der Waals surface area contributed by atoms with Gasteiger partial charge in [0.15, 0.2) is 0 Å². The predicted molar refractivity (Wildman–Crippen MR) is 87.2 cm³/mol. The van der Waals surface area contributed by atoms with Crippen molar-refractivity contribution in [3.05, 3.63) is 35.9 Å². The van der Waals surface area contributed by atoms with Gasteiger partial charge in [0.05, 0.1) is 0 Å². The summed E-state index contributed by atoms with van der Waals surface area (Å²) in [5.41, 5.74) is 1.52. The van der Waals surface area contributed by atoms with Gasteiger partial charge in [-0.1, -0.05) is 44.2 Å². The molecule has 0 bridgehead atoms. The third-order valence-corrected chi connectivity index (χ3v) is 4.81. The summed E-state index contributed by atoms with van der Waals surface area (Å²) >= 11 is 0. The fourth-order valence-electron chi connectivity index (χ4n) is 3.46. The second kappa shape index (κ2) is 7.80. The van der Waals surface area contributed by atoms with Crippen molar-refractivity contribution < 1.29 is 0 Å². The summed E-state index contributed by atoms with van der Waals surface area (Å²) in [7, 11) is 2.28. The number of rotatable bonds is 6. The Balaban J connectivity index is 2.05. The Morgan fingerprint density at radius 1 is 1.15 bits per heavy atom. The molecular formula is C18H30N2. The van der Waals surface area contributed by atoms with Gasteiger partial charge in [0.2, 0.25) is 0 Å². The lowest BCUT2D eigenvalue weighted by molar-refractivity contribution is 0.144. The fraction of sp³-hybridized carbons (Fsp3) is 0.667. The van der Waals surface area contributed by atoms with Gasteiger partial charge < -0.3 is 10.2 Å². The van der Waals surface area contributed by atoms with E-state index in [4.69, 9.17) is 0 Å². The first kappa shape index (κ1) is 15.5. The molecule has 3 unspecified atom stereocenters. The lowest BCUT2D eigenvalue weighted by Crippen LogP contribution is -2.51. The highest BCUT2D eigenvalue weighted by molar-refractivity contribution is 5.21. The van der Waals surface area contributed by atoms with E-state index in [1.807, 2.05) is 0 Å². The molecule has 1 aliphatic rings. The molecular weight excluding hydrogens is 244 g/mol. The lowest BCUT2D eigenvalue weighted by atomic mass is 9.78. The van der Waals surface area contributed by atoms with Crippen LogP contribution in [0.5, 0.6) is 0 Å². The van der Waals surface area contributed by atoms with Crippen molar-refractivity contribution in [2.24, 2.45) is 0 Å². The summed E-state index contributed by atoms with van der Waals surface area (Å²) in [4.78, 5) is 2.53. The molecule has 0 amide bonds. The zero-order valence-corrected chi connectivity index (χ0v) is 13.3. The van der Waals surface area contributed by atoms with Crippen LogP contribution in [0.2, 0.25) is 0 Å². The summed E-state index contributed by atoms with van der Waals surface area (Å²) in [6.07, 6.45) is 5.13. The fourth-order valence-corrected chi connectivity index (χ4v) is 3.46. The standard InChI is InChI=1S/C18H30N2/c1-4-13-19-17-12-11-16(14-18(17)20(3)5-2)15-9-7-6-8-10-15/h6-10,16-19H,4-5,11-14H2,1-3H3. The van der Waals surface area contributed by atoms with Crippen LogP contribution >= 0.6 is 0 Å². The summed E-state index contributed by atoms with van der Waals surface area (Å²) in [5.74, 6) is 0.731. The summed E-state index contributed by atoms with van der Waals surface area (Å²) < 4.78 is 0. The Morgan fingerprint density at radius 3 is 2.55 bits per heavy atom. The third kappa shape index (κ3) is 3.83. The molecule has 0 radical (unpaired) electrons. The maximum Gasteiger partial charge on any atom is 0.0252 e. The molecule has 0 spiro atoms. The Morgan fingerprint density at radius 2 is 1.90 bits per heavy atom. The molecule has 0 aromatic heterocycles. The van der Waals surface area contributed by atoms with Gasteiger partial charge >= 0.3 is 0 Å². The van der Waals surface area contributed by atoms with E-state index >= 15 is 0 Å². The van der Waals surface area contributed by atoms with Gasteiger partial charge in [0, 0.05) is 12.1 Å². The normalized spacial score (nSPS) is 26.9. The van der Waals surface area contributed by atoms with Crippen molar-refractivity contribution in [1.29, 1.82) is 0 Å². The summed E-state index contributed by atoms with van der Waals surface area (Å²) in [6, 6.07) is 12.4. The second-order valence-electron chi connectivity index (χ2n) is 6.12. The minimum absolute atomic E-state index is 0.667. The molecule has 0 heterocycles. The second-order valence-corrected chi connectivity index (χ2v) is 6.12. The van der Waals surface area contributed by atoms with Crippen molar-refractivity contribution in [3.63, 3.8) is 0 Å².